The summed E-state index contributed by atoms with van der Waals surface area (Å²) in [6.07, 6.45) is 0.883. The summed E-state index contributed by atoms with van der Waals surface area (Å²) in [5.41, 5.74) is 10.6. The Morgan fingerprint density at radius 3 is 2.73 bits per heavy atom. The van der Waals surface area contributed by atoms with Crippen molar-refractivity contribution in [2.24, 2.45) is 5.73 Å². The molecule has 0 aliphatic heterocycles. The maximum atomic E-state index is 5.58. The van der Waals surface area contributed by atoms with Gasteiger partial charge in [0.2, 0.25) is 0 Å². The average Bonchev–Trinajstić information content (AvgIpc) is 2.43. The third-order valence-electron chi connectivity index (χ3n) is 2.64. The van der Waals surface area contributed by atoms with Crippen molar-refractivity contribution in [3.8, 4) is 0 Å². The molecular weight excluding hydrogens is 252 g/mol. The molecule has 3 heteroatoms. The van der Waals surface area contributed by atoms with E-state index in [1.54, 1.807) is 0 Å². The van der Waals surface area contributed by atoms with Gasteiger partial charge < -0.3 is 10.7 Å². The van der Waals surface area contributed by atoms with Crippen molar-refractivity contribution < 1.29 is 0 Å². The van der Waals surface area contributed by atoms with E-state index in [0.717, 1.165) is 6.42 Å². The molecular formula is C12H15BrN2. The van der Waals surface area contributed by atoms with E-state index in [2.05, 4.69) is 46.9 Å². The number of hydrogen-bond acceptors (Lipinski definition) is 1. The van der Waals surface area contributed by atoms with Gasteiger partial charge in [-0.1, -0.05) is 6.07 Å². The lowest BCUT2D eigenvalue weighted by atomic mass is 10.1. The van der Waals surface area contributed by atoms with Crippen molar-refractivity contribution in [2.75, 3.05) is 6.54 Å². The lowest BCUT2D eigenvalue weighted by molar-refractivity contribution is 0.934. The lowest BCUT2D eigenvalue weighted by Gasteiger charge is -1.99. The summed E-state index contributed by atoms with van der Waals surface area (Å²) in [6.45, 7) is 4.92. The van der Waals surface area contributed by atoms with Crippen molar-refractivity contribution in [3.05, 3.63) is 33.4 Å². The van der Waals surface area contributed by atoms with Crippen LogP contribution in [0, 0.1) is 13.8 Å². The molecule has 0 bridgehead atoms. The average molecular weight is 267 g/mol. The smallest absolute Gasteiger partial charge is 0.0473 e. The molecule has 2 aromatic rings. The number of aromatic nitrogens is 1. The number of H-pyrrole nitrogens is 1. The number of nitrogens with one attached hydrogen (secondary N) is 1. The minimum atomic E-state index is 0.670. The Balaban J connectivity index is 2.70. The van der Waals surface area contributed by atoms with Crippen LogP contribution in [0.3, 0.4) is 0 Å². The highest BCUT2D eigenvalue weighted by atomic mass is 79.9. The molecule has 2 nitrogen and oxygen atoms in total. The lowest BCUT2D eigenvalue weighted by Crippen LogP contribution is -2.03. The second kappa shape index (κ2) is 3.99. The van der Waals surface area contributed by atoms with E-state index < -0.39 is 0 Å². The van der Waals surface area contributed by atoms with E-state index in [4.69, 9.17) is 5.73 Å². The molecule has 0 saturated carbocycles. The summed E-state index contributed by atoms with van der Waals surface area (Å²) in [4.78, 5) is 3.42. The van der Waals surface area contributed by atoms with Gasteiger partial charge in [-0.25, -0.2) is 0 Å². The van der Waals surface area contributed by atoms with Crippen LogP contribution < -0.4 is 5.73 Å². The number of nitrogens with two attached hydrogens (primary N) is 1. The minimum absolute atomic E-state index is 0.670. The minimum Gasteiger partial charge on any atom is -0.357 e. The van der Waals surface area contributed by atoms with Gasteiger partial charge in [-0.05, 0) is 53.5 Å². The molecule has 0 unspecified atom stereocenters. The molecule has 0 aliphatic rings. The Morgan fingerprint density at radius 2 is 2.07 bits per heavy atom. The summed E-state index contributed by atoms with van der Waals surface area (Å²) in [5.74, 6) is 0. The van der Waals surface area contributed by atoms with E-state index in [0.29, 0.717) is 6.54 Å². The standard InChI is InChI=1S/C12H15BrN2/c1-7-5-8(2)11-10(6-7)15-9(3-4-14)12(11)13/h5-6,15H,3-4,14H2,1-2H3. The summed E-state index contributed by atoms with van der Waals surface area (Å²) < 4.78 is 1.17. The predicted octanol–water partition coefficient (Wildman–Crippen LogP) is 3.05. The van der Waals surface area contributed by atoms with Crippen LogP contribution in [0.5, 0.6) is 0 Å². The first-order chi connectivity index (χ1) is 7.13. The van der Waals surface area contributed by atoms with Crippen molar-refractivity contribution in [2.45, 2.75) is 20.3 Å². The Bertz CT molecular complexity index is 500. The van der Waals surface area contributed by atoms with Crippen molar-refractivity contribution in [1.82, 2.24) is 4.98 Å². The number of aromatic amines is 1. The summed E-state index contributed by atoms with van der Waals surface area (Å²) in [6, 6.07) is 4.38. The molecule has 1 heterocycles. The van der Waals surface area contributed by atoms with Crippen LogP contribution in [0.25, 0.3) is 10.9 Å². The largest absolute Gasteiger partial charge is 0.357 e. The highest BCUT2D eigenvalue weighted by Crippen LogP contribution is 2.31. The van der Waals surface area contributed by atoms with Crippen LogP contribution >= 0.6 is 15.9 Å². The predicted molar refractivity (Wildman–Crippen MR) is 68.2 cm³/mol. The van der Waals surface area contributed by atoms with Crippen molar-refractivity contribution in [3.63, 3.8) is 0 Å². The van der Waals surface area contributed by atoms with Gasteiger partial charge in [0.25, 0.3) is 0 Å². The molecule has 15 heavy (non-hydrogen) atoms. The third kappa shape index (κ3) is 1.82. The SMILES string of the molecule is Cc1cc(C)c2c(Br)c(CCN)[nH]c2c1. The molecule has 0 fully saturated rings. The first-order valence-corrected chi connectivity index (χ1v) is 5.90. The van der Waals surface area contributed by atoms with Crippen LogP contribution in [0.4, 0.5) is 0 Å². The van der Waals surface area contributed by atoms with Crippen molar-refractivity contribution in [1.29, 1.82) is 0 Å². The Morgan fingerprint density at radius 1 is 1.33 bits per heavy atom. The number of fused-ring (bicyclic) bond motifs is 1. The van der Waals surface area contributed by atoms with Gasteiger partial charge in [0, 0.05) is 27.5 Å². The normalized spacial score (nSPS) is 11.2. The van der Waals surface area contributed by atoms with Crippen LogP contribution in [-0.2, 0) is 6.42 Å². The molecule has 0 amide bonds. The molecule has 0 aliphatic carbocycles. The molecule has 1 aromatic heterocycles. The Hall–Kier alpha value is -0.800. The fourth-order valence-corrected chi connectivity index (χ4v) is 2.87. The van der Waals surface area contributed by atoms with E-state index >= 15 is 0 Å². The molecule has 0 radical (unpaired) electrons. The van der Waals surface area contributed by atoms with Crippen LogP contribution in [0.15, 0.2) is 16.6 Å². The number of aryl methyl sites for hydroxylation is 2. The highest BCUT2D eigenvalue weighted by Gasteiger charge is 2.10. The molecule has 1 aromatic carbocycles. The van der Waals surface area contributed by atoms with E-state index in [9.17, 15) is 0 Å². The second-order valence-corrected chi connectivity index (χ2v) is 4.75. The maximum absolute atomic E-state index is 5.58. The first kappa shape index (κ1) is 10.7. The number of hydrogen-bond donors (Lipinski definition) is 2. The summed E-state index contributed by atoms with van der Waals surface area (Å²) >= 11 is 3.64. The molecule has 0 spiro atoms. The topological polar surface area (TPSA) is 41.8 Å². The first-order valence-electron chi connectivity index (χ1n) is 5.11. The van der Waals surface area contributed by atoms with Crippen LogP contribution in [-0.4, -0.2) is 11.5 Å². The number of benzene rings is 1. The van der Waals surface area contributed by atoms with Crippen LogP contribution in [0.1, 0.15) is 16.8 Å². The monoisotopic (exact) mass is 266 g/mol. The second-order valence-electron chi connectivity index (χ2n) is 3.96. The molecule has 0 atom stereocenters. The van der Waals surface area contributed by atoms with Gasteiger partial charge in [0.05, 0.1) is 0 Å². The molecule has 80 valence electrons. The number of halogens is 1. The van der Waals surface area contributed by atoms with E-state index in [-0.39, 0.29) is 0 Å². The third-order valence-corrected chi connectivity index (χ3v) is 3.52. The van der Waals surface area contributed by atoms with Gasteiger partial charge in [-0.15, -0.1) is 0 Å². The number of rotatable bonds is 2. The fourth-order valence-electron chi connectivity index (χ4n) is 2.04. The maximum Gasteiger partial charge on any atom is 0.0473 e. The fraction of sp³-hybridized carbons (Fsp3) is 0.333. The molecule has 2 rings (SSSR count). The Kier molecular flexibility index (Phi) is 2.85. The summed E-state index contributed by atoms with van der Waals surface area (Å²) in [7, 11) is 0. The van der Waals surface area contributed by atoms with Gasteiger partial charge in [0.15, 0.2) is 0 Å². The zero-order valence-electron chi connectivity index (χ0n) is 9.02. The van der Waals surface area contributed by atoms with Gasteiger partial charge in [-0.2, -0.15) is 0 Å². The highest BCUT2D eigenvalue weighted by molar-refractivity contribution is 9.10. The van der Waals surface area contributed by atoms with Gasteiger partial charge in [0.1, 0.15) is 0 Å². The van der Waals surface area contributed by atoms with Gasteiger partial charge >= 0.3 is 0 Å². The Labute approximate surface area is 98.0 Å². The van der Waals surface area contributed by atoms with E-state index in [1.165, 1.54) is 32.2 Å². The van der Waals surface area contributed by atoms with Gasteiger partial charge in [-0.3, -0.25) is 0 Å². The quantitative estimate of drug-likeness (QED) is 0.862. The van der Waals surface area contributed by atoms with Crippen molar-refractivity contribution >= 4 is 26.8 Å². The summed E-state index contributed by atoms with van der Waals surface area (Å²) in [5, 5.41) is 1.28. The van der Waals surface area contributed by atoms with Crippen LogP contribution in [0.2, 0.25) is 0 Å². The van der Waals surface area contributed by atoms with E-state index in [1.807, 2.05) is 0 Å². The zero-order valence-corrected chi connectivity index (χ0v) is 10.6. The molecule has 3 N–H and O–H groups in total. The molecule has 0 saturated heterocycles. The zero-order chi connectivity index (χ0) is 11.0.